The standard InChI is InChI=1S/C27H38O2S/c1-26(29)14-12-20-18(16-26)6-9-22-21(20)13-15-27(2)23(22)10-11-24(27)25(28)17-4-7-19(30-3)8-5-17/h4-5,7-8,18,20-24,29H,6,9-16H2,1-3H3/t18-,20+,21-,22-,23+,24-,26-,27+/m1/s1. The SMILES string of the molecule is CSc1ccc(C(=O)[C@H]2CC[C@H]3[C@@H]4CC[C@@H]5C[C@](C)(O)CC[C@@H]5[C@H]4CC[C@]23C)cc1. The lowest BCUT2D eigenvalue weighted by molar-refractivity contribution is -0.0976. The normalized spacial score (nSPS) is 45.3. The lowest BCUT2D eigenvalue weighted by Gasteiger charge is -2.56. The predicted octanol–water partition coefficient (Wildman–Crippen LogP) is 6.61. The van der Waals surface area contributed by atoms with Crippen LogP contribution in [0, 0.1) is 40.9 Å². The Hall–Kier alpha value is -0.800. The maximum absolute atomic E-state index is 13.5. The number of carbonyl (C=O) groups is 1. The Morgan fingerprint density at radius 3 is 2.40 bits per heavy atom. The summed E-state index contributed by atoms with van der Waals surface area (Å²) in [5, 5.41) is 10.6. The second-order valence-corrected chi connectivity index (χ2v) is 12.3. The highest BCUT2D eigenvalue weighted by Crippen LogP contribution is 2.64. The monoisotopic (exact) mass is 426 g/mol. The van der Waals surface area contributed by atoms with Crippen LogP contribution < -0.4 is 0 Å². The van der Waals surface area contributed by atoms with Crippen molar-refractivity contribution < 1.29 is 9.90 Å². The van der Waals surface area contributed by atoms with E-state index in [0.29, 0.717) is 5.78 Å². The number of ketones is 1. The topological polar surface area (TPSA) is 37.3 Å². The van der Waals surface area contributed by atoms with E-state index in [2.05, 4.69) is 37.4 Å². The number of aliphatic hydroxyl groups is 1. The molecule has 164 valence electrons. The van der Waals surface area contributed by atoms with E-state index in [9.17, 15) is 9.90 Å². The van der Waals surface area contributed by atoms with Gasteiger partial charge in [-0.05, 0) is 118 Å². The highest BCUT2D eigenvalue weighted by molar-refractivity contribution is 7.98. The van der Waals surface area contributed by atoms with Gasteiger partial charge in [-0.25, -0.2) is 0 Å². The van der Waals surface area contributed by atoms with Gasteiger partial charge in [0.15, 0.2) is 5.78 Å². The van der Waals surface area contributed by atoms with Crippen molar-refractivity contribution in [1.29, 1.82) is 0 Å². The quantitative estimate of drug-likeness (QED) is 0.436. The van der Waals surface area contributed by atoms with Crippen LogP contribution in [-0.4, -0.2) is 22.7 Å². The van der Waals surface area contributed by atoms with E-state index in [1.165, 1.54) is 43.4 Å². The molecular weight excluding hydrogens is 388 g/mol. The van der Waals surface area contributed by atoms with E-state index in [1.807, 2.05) is 6.92 Å². The van der Waals surface area contributed by atoms with Crippen molar-refractivity contribution in [2.45, 2.75) is 82.1 Å². The third-order valence-electron chi connectivity index (χ3n) is 9.93. The Labute approximate surface area is 186 Å². The Kier molecular flexibility index (Phi) is 5.38. The molecule has 4 aliphatic rings. The molecule has 4 aliphatic carbocycles. The van der Waals surface area contributed by atoms with Crippen molar-refractivity contribution in [3.8, 4) is 0 Å². The maximum atomic E-state index is 13.5. The summed E-state index contributed by atoms with van der Waals surface area (Å²) in [6.07, 6.45) is 12.7. The van der Waals surface area contributed by atoms with Crippen molar-refractivity contribution in [3.63, 3.8) is 0 Å². The summed E-state index contributed by atoms with van der Waals surface area (Å²) >= 11 is 1.73. The highest BCUT2D eigenvalue weighted by atomic mass is 32.2. The highest BCUT2D eigenvalue weighted by Gasteiger charge is 2.58. The summed E-state index contributed by atoms with van der Waals surface area (Å²) in [5.74, 6) is 4.52. The zero-order valence-corrected chi connectivity index (χ0v) is 19.7. The smallest absolute Gasteiger partial charge is 0.166 e. The van der Waals surface area contributed by atoms with Crippen LogP contribution in [-0.2, 0) is 0 Å². The van der Waals surface area contributed by atoms with Crippen LogP contribution in [0.25, 0.3) is 0 Å². The molecule has 0 amide bonds. The predicted molar refractivity (Wildman–Crippen MR) is 124 cm³/mol. The third-order valence-corrected chi connectivity index (χ3v) is 10.7. The molecule has 0 heterocycles. The van der Waals surface area contributed by atoms with Crippen LogP contribution in [0.4, 0.5) is 0 Å². The lowest BCUT2D eigenvalue weighted by atomic mass is 9.49. The largest absolute Gasteiger partial charge is 0.390 e. The molecule has 0 unspecified atom stereocenters. The lowest BCUT2D eigenvalue weighted by Crippen LogP contribution is -2.51. The van der Waals surface area contributed by atoms with Gasteiger partial charge in [0.2, 0.25) is 0 Å². The van der Waals surface area contributed by atoms with Crippen LogP contribution in [0.1, 0.15) is 82.0 Å². The van der Waals surface area contributed by atoms with Gasteiger partial charge in [-0.3, -0.25) is 4.79 Å². The Morgan fingerprint density at radius 1 is 0.933 bits per heavy atom. The number of hydrogen-bond acceptors (Lipinski definition) is 3. The molecule has 8 atom stereocenters. The summed E-state index contributed by atoms with van der Waals surface area (Å²) in [7, 11) is 0. The number of hydrogen-bond donors (Lipinski definition) is 1. The number of benzene rings is 1. The second-order valence-electron chi connectivity index (χ2n) is 11.4. The van der Waals surface area contributed by atoms with Crippen molar-refractivity contribution in [1.82, 2.24) is 0 Å². The van der Waals surface area contributed by atoms with Gasteiger partial charge in [0.25, 0.3) is 0 Å². The zero-order chi connectivity index (χ0) is 21.1. The van der Waals surface area contributed by atoms with Crippen LogP contribution in [0.5, 0.6) is 0 Å². The van der Waals surface area contributed by atoms with E-state index < -0.39 is 5.60 Å². The van der Waals surface area contributed by atoms with E-state index in [-0.39, 0.29) is 11.3 Å². The summed E-state index contributed by atoms with van der Waals surface area (Å²) in [6.45, 7) is 4.50. The van der Waals surface area contributed by atoms with Crippen molar-refractivity contribution in [2.75, 3.05) is 6.26 Å². The van der Waals surface area contributed by atoms with Gasteiger partial charge in [0.05, 0.1) is 5.60 Å². The molecule has 0 spiro atoms. The van der Waals surface area contributed by atoms with E-state index >= 15 is 0 Å². The first kappa shape index (κ1) is 21.1. The molecule has 5 rings (SSSR count). The fourth-order valence-electron chi connectivity index (χ4n) is 8.47. The molecule has 0 aliphatic heterocycles. The van der Waals surface area contributed by atoms with Crippen molar-refractivity contribution in [2.24, 2.45) is 40.9 Å². The average molecular weight is 427 g/mol. The molecule has 4 saturated carbocycles. The van der Waals surface area contributed by atoms with E-state index in [1.54, 1.807) is 11.8 Å². The molecule has 1 aromatic rings. The number of carbonyl (C=O) groups excluding carboxylic acids is 1. The number of fused-ring (bicyclic) bond motifs is 5. The van der Waals surface area contributed by atoms with E-state index in [4.69, 9.17) is 0 Å². The minimum Gasteiger partial charge on any atom is -0.390 e. The Bertz CT molecular complexity index is 800. The molecule has 2 nitrogen and oxygen atoms in total. The molecule has 3 heteroatoms. The van der Waals surface area contributed by atoms with Gasteiger partial charge in [-0.2, -0.15) is 0 Å². The molecule has 30 heavy (non-hydrogen) atoms. The fourth-order valence-corrected chi connectivity index (χ4v) is 8.88. The number of Topliss-reactive ketones (excluding diaryl/α,β-unsaturated/α-hetero) is 1. The fraction of sp³-hybridized carbons (Fsp3) is 0.741. The molecule has 0 radical (unpaired) electrons. The van der Waals surface area contributed by atoms with Gasteiger partial charge in [-0.1, -0.05) is 19.1 Å². The van der Waals surface area contributed by atoms with Crippen LogP contribution in [0.3, 0.4) is 0 Å². The van der Waals surface area contributed by atoms with Gasteiger partial charge >= 0.3 is 0 Å². The molecule has 1 N–H and O–H groups in total. The van der Waals surface area contributed by atoms with Crippen LogP contribution >= 0.6 is 11.8 Å². The van der Waals surface area contributed by atoms with Gasteiger partial charge in [0, 0.05) is 16.4 Å². The summed E-state index contributed by atoms with van der Waals surface area (Å²) in [4.78, 5) is 14.8. The number of rotatable bonds is 3. The maximum Gasteiger partial charge on any atom is 0.166 e. The molecular formula is C27H38O2S. The minimum absolute atomic E-state index is 0.184. The first-order chi connectivity index (χ1) is 14.3. The molecule has 4 fully saturated rings. The van der Waals surface area contributed by atoms with Gasteiger partial charge in [0.1, 0.15) is 0 Å². The minimum atomic E-state index is -0.437. The van der Waals surface area contributed by atoms with Crippen LogP contribution in [0.15, 0.2) is 29.2 Å². The molecule has 1 aromatic carbocycles. The first-order valence-corrected chi connectivity index (χ1v) is 13.5. The zero-order valence-electron chi connectivity index (χ0n) is 18.9. The van der Waals surface area contributed by atoms with E-state index in [0.717, 1.165) is 54.4 Å². The molecule has 0 aromatic heterocycles. The number of thioether (sulfide) groups is 1. The van der Waals surface area contributed by atoms with Crippen molar-refractivity contribution >= 4 is 17.5 Å². The summed E-state index contributed by atoms with van der Waals surface area (Å²) < 4.78 is 0. The van der Waals surface area contributed by atoms with Crippen molar-refractivity contribution in [3.05, 3.63) is 29.8 Å². The van der Waals surface area contributed by atoms with Gasteiger partial charge < -0.3 is 5.11 Å². The van der Waals surface area contributed by atoms with Gasteiger partial charge in [-0.15, -0.1) is 11.8 Å². The van der Waals surface area contributed by atoms with Crippen LogP contribution in [0.2, 0.25) is 0 Å². The third kappa shape index (κ3) is 3.39. The Morgan fingerprint density at radius 2 is 1.67 bits per heavy atom. The molecule has 0 saturated heterocycles. The molecule has 0 bridgehead atoms. The average Bonchev–Trinajstić information content (AvgIpc) is 3.09. The first-order valence-electron chi connectivity index (χ1n) is 12.2. The Balaban J connectivity index is 1.34. The summed E-state index contributed by atoms with van der Waals surface area (Å²) in [6, 6.07) is 8.30. The second kappa shape index (κ2) is 7.66. The summed E-state index contributed by atoms with van der Waals surface area (Å²) in [5.41, 5.74) is 0.664.